The van der Waals surface area contributed by atoms with E-state index in [0.717, 1.165) is 6.07 Å². The van der Waals surface area contributed by atoms with Crippen molar-refractivity contribution in [2.45, 2.75) is 31.4 Å². The maximum Gasteiger partial charge on any atom is 0.254 e. The second kappa shape index (κ2) is 6.54. The third-order valence-electron chi connectivity index (χ3n) is 4.35. The summed E-state index contributed by atoms with van der Waals surface area (Å²) in [6.07, 6.45) is 1.43. The molecule has 22 heavy (non-hydrogen) atoms. The molecule has 4 nitrogen and oxygen atoms in total. The first-order valence-corrected chi connectivity index (χ1v) is 8.90. The van der Waals surface area contributed by atoms with Gasteiger partial charge in [-0.2, -0.15) is 0 Å². The van der Waals surface area contributed by atoms with Crippen molar-refractivity contribution in [3.8, 4) is 5.75 Å². The van der Waals surface area contributed by atoms with Crippen LogP contribution in [-0.4, -0.2) is 43.7 Å². The third kappa shape index (κ3) is 2.99. The van der Waals surface area contributed by atoms with Gasteiger partial charge < -0.3 is 10.0 Å². The molecule has 1 amide bonds. The summed E-state index contributed by atoms with van der Waals surface area (Å²) in [6, 6.07) is 2.24. The fourth-order valence-corrected chi connectivity index (χ4v) is 4.72. The Kier molecular flexibility index (Phi) is 5.12. The number of hydrogen-bond acceptors (Lipinski definition) is 3. The van der Waals surface area contributed by atoms with Gasteiger partial charge in [-0.05, 0) is 25.0 Å². The van der Waals surface area contributed by atoms with Crippen molar-refractivity contribution in [2.75, 3.05) is 18.8 Å². The summed E-state index contributed by atoms with van der Waals surface area (Å²) in [7, 11) is -0.977. The van der Waals surface area contributed by atoms with Crippen LogP contribution in [0.1, 0.15) is 37.0 Å². The Balaban J connectivity index is 2.29. The molecule has 1 heterocycles. The van der Waals surface area contributed by atoms with Crippen molar-refractivity contribution in [3.63, 3.8) is 0 Å². The van der Waals surface area contributed by atoms with Gasteiger partial charge in [-0.25, -0.2) is 4.39 Å². The van der Waals surface area contributed by atoms with E-state index in [1.54, 1.807) is 4.90 Å². The van der Waals surface area contributed by atoms with E-state index in [9.17, 15) is 18.5 Å². The van der Waals surface area contributed by atoms with Gasteiger partial charge in [0.25, 0.3) is 5.91 Å². The molecule has 0 radical (unpaired) electrons. The van der Waals surface area contributed by atoms with Gasteiger partial charge in [-0.3, -0.25) is 9.00 Å². The lowest BCUT2D eigenvalue weighted by molar-refractivity contribution is 0.0735. The number of rotatable bonds is 3. The highest BCUT2D eigenvalue weighted by molar-refractivity contribution is 7.86. The van der Waals surface area contributed by atoms with Gasteiger partial charge in [-0.1, -0.05) is 25.4 Å². The van der Waals surface area contributed by atoms with Gasteiger partial charge in [0.2, 0.25) is 0 Å². The van der Waals surface area contributed by atoms with E-state index >= 15 is 0 Å². The van der Waals surface area contributed by atoms with Crippen LogP contribution in [-0.2, 0) is 10.8 Å². The first-order chi connectivity index (χ1) is 10.3. The average molecular weight is 348 g/mol. The molecule has 0 bridgehead atoms. The van der Waals surface area contributed by atoms with Crippen molar-refractivity contribution in [2.24, 2.45) is 0 Å². The van der Waals surface area contributed by atoms with Gasteiger partial charge in [0.15, 0.2) is 11.6 Å². The highest BCUT2D eigenvalue weighted by Gasteiger charge is 2.40. The molecular formula is C15H19ClFNO3S. The van der Waals surface area contributed by atoms with E-state index in [2.05, 4.69) is 0 Å². The fraction of sp³-hybridized carbons (Fsp3) is 0.533. The number of amides is 1. The molecule has 0 unspecified atom stereocenters. The van der Waals surface area contributed by atoms with Crippen molar-refractivity contribution in [1.82, 2.24) is 4.90 Å². The largest absolute Gasteiger partial charge is 0.504 e. The number of carbonyl (C=O) groups excluding carboxylic acids is 1. The standard InChI is InChI=1S/C15H19ClFNO3S/c1-3-15(4-2)9-18(5-6-22(15)21)14(20)10-7-11(16)13(19)12(17)8-10/h7-8,19H,3-6,9H2,1-2H3/t22-/m1/s1. The average Bonchev–Trinajstić information content (AvgIpc) is 2.52. The van der Waals surface area contributed by atoms with Gasteiger partial charge >= 0.3 is 0 Å². The summed E-state index contributed by atoms with van der Waals surface area (Å²) < 4.78 is 25.4. The van der Waals surface area contributed by atoms with Crippen LogP contribution in [0.25, 0.3) is 0 Å². The predicted molar refractivity (Wildman–Crippen MR) is 85.3 cm³/mol. The highest BCUT2D eigenvalue weighted by atomic mass is 35.5. The molecule has 1 atom stereocenters. The van der Waals surface area contributed by atoms with Crippen LogP contribution < -0.4 is 0 Å². The molecule has 1 aromatic carbocycles. The van der Waals surface area contributed by atoms with Crippen LogP contribution >= 0.6 is 11.6 Å². The molecule has 1 saturated heterocycles. The lowest BCUT2D eigenvalue weighted by Crippen LogP contribution is -2.54. The predicted octanol–water partition coefficient (Wildman–Crippen LogP) is 2.95. The Morgan fingerprint density at radius 1 is 1.45 bits per heavy atom. The van der Waals surface area contributed by atoms with Gasteiger partial charge in [0.05, 0.1) is 9.77 Å². The number of phenols is 1. The Morgan fingerprint density at radius 3 is 2.64 bits per heavy atom. The first kappa shape index (κ1) is 17.2. The minimum Gasteiger partial charge on any atom is -0.504 e. The summed E-state index contributed by atoms with van der Waals surface area (Å²) in [5.74, 6) is -1.52. The summed E-state index contributed by atoms with van der Waals surface area (Å²) in [5.41, 5.74) is 0.0917. The van der Waals surface area contributed by atoms with Crippen molar-refractivity contribution in [3.05, 3.63) is 28.5 Å². The number of phenolic OH excluding ortho intramolecular Hbond substituents is 1. The van der Waals surface area contributed by atoms with Crippen molar-refractivity contribution >= 4 is 28.3 Å². The third-order valence-corrected chi connectivity index (χ3v) is 6.86. The van der Waals surface area contributed by atoms with Crippen LogP contribution in [0.3, 0.4) is 0 Å². The van der Waals surface area contributed by atoms with Gasteiger partial charge in [0, 0.05) is 35.2 Å². The van der Waals surface area contributed by atoms with Crippen molar-refractivity contribution in [1.29, 1.82) is 0 Å². The minimum atomic E-state index is -0.977. The summed E-state index contributed by atoms with van der Waals surface area (Å²) >= 11 is 5.73. The fourth-order valence-electron chi connectivity index (χ4n) is 2.75. The van der Waals surface area contributed by atoms with Crippen LogP contribution in [0.15, 0.2) is 12.1 Å². The van der Waals surface area contributed by atoms with Crippen LogP contribution in [0.5, 0.6) is 5.75 Å². The zero-order chi connectivity index (χ0) is 16.5. The molecule has 1 aliphatic heterocycles. The van der Waals surface area contributed by atoms with Gasteiger partial charge in [-0.15, -0.1) is 0 Å². The smallest absolute Gasteiger partial charge is 0.254 e. The normalized spacial score (nSPS) is 20.9. The molecule has 0 aliphatic carbocycles. The molecule has 0 saturated carbocycles. The molecule has 0 aromatic heterocycles. The minimum absolute atomic E-state index is 0.0917. The maximum atomic E-state index is 13.6. The number of benzene rings is 1. The number of aromatic hydroxyl groups is 1. The van der Waals surface area contributed by atoms with E-state index in [-0.39, 0.29) is 16.5 Å². The molecule has 1 N–H and O–H groups in total. The Labute approximate surface area is 136 Å². The first-order valence-electron chi connectivity index (χ1n) is 7.20. The lowest BCUT2D eigenvalue weighted by Gasteiger charge is -2.41. The molecule has 2 rings (SSSR count). The number of carbonyl (C=O) groups is 1. The van der Waals surface area contributed by atoms with Crippen LogP contribution in [0.4, 0.5) is 4.39 Å². The second-order valence-corrected chi connectivity index (χ2v) is 7.83. The zero-order valence-corrected chi connectivity index (χ0v) is 14.1. The Hall–Kier alpha value is -1.14. The van der Waals surface area contributed by atoms with Crippen molar-refractivity contribution < 1.29 is 18.5 Å². The van der Waals surface area contributed by atoms with E-state index < -0.39 is 27.1 Å². The van der Waals surface area contributed by atoms with E-state index in [1.807, 2.05) is 13.8 Å². The topological polar surface area (TPSA) is 57.6 Å². The molecule has 1 fully saturated rings. The van der Waals surface area contributed by atoms with Crippen LogP contribution in [0.2, 0.25) is 5.02 Å². The quantitative estimate of drug-likeness (QED) is 0.914. The SMILES string of the molecule is CCC1(CC)CN(C(=O)c2cc(F)c(O)c(Cl)c2)CC[S@]1=O. The number of halogens is 2. The molecule has 122 valence electrons. The summed E-state index contributed by atoms with van der Waals surface area (Å²) in [5, 5.41) is 9.15. The van der Waals surface area contributed by atoms with Crippen LogP contribution in [0, 0.1) is 5.82 Å². The molecule has 1 aromatic rings. The molecular weight excluding hydrogens is 329 g/mol. The second-order valence-electron chi connectivity index (χ2n) is 5.45. The molecule has 1 aliphatic rings. The van der Waals surface area contributed by atoms with E-state index in [0.29, 0.717) is 31.7 Å². The number of hydrogen-bond donors (Lipinski definition) is 1. The van der Waals surface area contributed by atoms with E-state index in [4.69, 9.17) is 11.6 Å². The molecule has 0 spiro atoms. The Bertz CT molecular complexity index is 596. The monoisotopic (exact) mass is 347 g/mol. The summed E-state index contributed by atoms with van der Waals surface area (Å²) in [4.78, 5) is 14.2. The number of nitrogens with zero attached hydrogens (tertiary/aromatic N) is 1. The lowest BCUT2D eigenvalue weighted by atomic mass is 10.0. The Morgan fingerprint density at radius 2 is 2.09 bits per heavy atom. The summed E-state index contributed by atoms with van der Waals surface area (Å²) in [6.45, 7) is 4.68. The van der Waals surface area contributed by atoms with E-state index in [1.165, 1.54) is 6.07 Å². The maximum absolute atomic E-state index is 13.6. The molecule has 7 heteroatoms. The van der Waals surface area contributed by atoms with Gasteiger partial charge in [0.1, 0.15) is 0 Å². The highest BCUT2D eigenvalue weighted by Crippen LogP contribution is 2.31. The zero-order valence-electron chi connectivity index (χ0n) is 12.6.